The van der Waals surface area contributed by atoms with Crippen molar-refractivity contribution in [2.45, 2.75) is 24.8 Å². The molecule has 6 nitrogen and oxygen atoms in total. The molecule has 1 atom stereocenters. The zero-order valence-corrected chi connectivity index (χ0v) is 22.4. The largest absolute Gasteiger partial charge is 0.497 e. The number of likely N-dealkylation sites (N-methyl/N-ethyl adjacent to an activating group) is 1. The molecule has 2 heterocycles. The Bertz CT molecular complexity index is 1390. The second-order valence-electron chi connectivity index (χ2n) is 9.57. The maximum Gasteiger partial charge on any atom is 0.264 e. The molecule has 5 rings (SSSR count). The summed E-state index contributed by atoms with van der Waals surface area (Å²) in [6.07, 6.45) is 1.88. The summed E-state index contributed by atoms with van der Waals surface area (Å²) in [5, 5.41) is 0. The van der Waals surface area contributed by atoms with Crippen molar-refractivity contribution in [3.05, 3.63) is 88.3 Å². The minimum Gasteiger partial charge on any atom is -0.497 e. The van der Waals surface area contributed by atoms with Crippen molar-refractivity contribution in [1.82, 2.24) is 4.90 Å². The number of aryl methyl sites for hydroxylation is 1. The Morgan fingerprint density at radius 1 is 1.05 bits per heavy atom. The standard InChI is InChI=1S/C30H31N3O3S/c1-20-7-5-9-24(15-20)33-14-13-32(19-21(33)2)29(34)23-11-12-27-26(18-23)31(3)30(35)28(37-27)17-22-8-6-10-25(16-22)36-4/h5-12,15-18,21H,13-14,19H2,1-4H3/b28-17-/t21-/m1/s1. The van der Waals surface area contributed by atoms with Crippen LogP contribution in [0.25, 0.3) is 6.08 Å². The molecule has 0 saturated carbocycles. The number of anilines is 2. The lowest BCUT2D eigenvalue weighted by atomic mass is 10.1. The third-order valence-electron chi connectivity index (χ3n) is 6.94. The molecule has 2 aliphatic heterocycles. The van der Waals surface area contributed by atoms with Crippen molar-refractivity contribution in [2.75, 3.05) is 43.6 Å². The molecule has 2 amide bonds. The van der Waals surface area contributed by atoms with Crippen LogP contribution in [0.15, 0.2) is 76.5 Å². The maximum atomic E-state index is 13.5. The van der Waals surface area contributed by atoms with E-state index in [-0.39, 0.29) is 17.9 Å². The fourth-order valence-electron chi connectivity index (χ4n) is 4.92. The van der Waals surface area contributed by atoms with E-state index in [1.54, 1.807) is 19.1 Å². The number of carbonyl (C=O) groups excluding carboxylic acids is 2. The van der Waals surface area contributed by atoms with Gasteiger partial charge < -0.3 is 19.4 Å². The number of fused-ring (bicyclic) bond motifs is 1. The summed E-state index contributed by atoms with van der Waals surface area (Å²) in [7, 11) is 3.39. The molecule has 37 heavy (non-hydrogen) atoms. The van der Waals surface area contributed by atoms with Gasteiger partial charge in [-0.3, -0.25) is 9.59 Å². The summed E-state index contributed by atoms with van der Waals surface area (Å²) in [5.74, 6) is 0.654. The van der Waals surface area contributed by atoms with Crippen molar-refractivity contribution >= 4 is 41.0 Å². The van der Waals surface area contributed by atoms with Gasteiger partial charge in [-0.05, 0) is 73.5 Å². The van der Waals surface area contributed by atoms with Gasteiger partial charge in [0, 0.05) is 48.9 Å². The minimum absolute atomic E-state index is 0.00195. The summed E-state index contributed by atoms with van der Waals surface area (Å²) in [4.78, 5) is 34.1. The van der Waals surface area contributed by atoms with Crippen molar-refractivity contribution in [2.24, 2.45) is 0 Å². The molecule has 0 radical (unpaired) electrons. The Hall–Kier alpha value is -3.71. The number of hydrogen-bond acceptors (Lipinski definition) is 5. The van der Waals surface area contributed by atoms with Crippen molar-refractivity contribution < 1.29 is 14.3 Å². The van der Waals surface area contributed by atoms with E-state index in [2.05, 4.69) is 43.0 Å². The SMILES string of the molecule is COc1cccc(/C=C2\Sc3ccc(C(=O)N4CCN(c5cccc(C)c5)[C@H](C)C4)cc3N(C)C2=O)c1. The molecule has 0 unspecified atom stereocenters. The lowest BCUT2D eigenvalue weighted by Crippen LogP contribution is -2.53. The number of rotatable bonds is 4. The van der Waals surface area contributed by atoms with E-state index < -0.39 is 0 Å². The molecule has 0 aliphatic carbocycles. The first-order valence-electron chi connectivity index (χ1n) is 12.4. The van der Waals surface area contributed by atoms with Gasteiger partial charge in [0.2, 0.25) is 0 Å². The third kappa shape index (κ3) is 5.09. The van der Waals surface area contributed by atoms with Crippen LogP contribution in [0.4, 0.5) is 11.4 Å². The van der Waals surface area contributed by atoms with Gasteiger partial charge in [-0.1, -0.05) is 36.0 Å². The van der Waals surface area contributed by atoms with E-state index in [9.17, 15) is 9.59 Å². The lowest BCUT2D eigenvalue weighted by molar-refractivity contribution is -0.114. The fraction of sp³-hybridized carbons (Fsp3) is 0.267. The molecule has 2 aliphatic rings. The zero-order chi connectivity index (χ0) is 26.1. The normalized spacial score (nSPS) is 18.7. The van der Waals surface area contributed by atoms with Gasteiger partial charge in [0.15, 0.2) is 0 Å². The molecule has 0 N–H and O–H groups in total. The van der Waals surface area contributed by atoms with Crippen molar-refractivity contribution in [3.63, 3.8) is 0 Å². The number of benzene rings is 3. The van der Waals surface area contributed by atoms with E-state index in [4.69, 9.17) is 4.74 Å². The number of nitrogens with zero attached hydrogens (tertiary/aromatic N) is 3. The highest BCUT2D eigenvalue weighted by Crippen LogP contribution is 2.42. The Labute approximate surface area is 222 Å². The first-order valence-corrected chi connectivity index (χ1v) is 13.2. The first kappa shape index (κ1) is 25.0. The quantitative estimate of drug-likeness (QED) is 0.434. The Morgan fingerprint density at radius 2 is 1.86 bits per heavy atom. The summed E-state index contributed by atoms with van der Waals surface area (Å²) < 4.78 is 5.30. The summed E-state index contributed by atoms with van der Waals surface area (Å²) >= 11 is 1.43. The molecule has 3 aromatic carbocycles. The van der Waals surface area contributed by atoms with Crippen LogP contribution in [0.5, 0.6) is 5.75 Å². The topological polar surface area (TPSA) is 53.1 Å². The third-order valence-corrected chi connectivity index (χ3v) is 8.02. The van der Waals surface area contributed by atoms with Crippen LogP contribution in [0.3, 0.4) is 0 Å². The molecule has 1 saturated heterocycles. The van der Waals surface area contributed by atoms with Gasteiger partial charge >= 0.3 is 0 Å². The van der Waals surface area contributed by atoms with Crippen LogP contribution >= 0.6 is 11.8 Å². The zero-order valence-electron chi connectivity index (χ0n) is 21.6. The molecule has 0 aromatic heterocycles. The van der Waals surface area contributed by atoms with Gasteiger partial charge in [-0.25, -0.2) is 0 Å². The maximum absolute atomic E-state index is 13.5. The van der Waals surface area contributed by atoms with Crippen LogP contribution in [0.2, 0.25) is 0 Å². The molecule has 7 heteroatoms. The molecule has 190 valence electrons. The van der Waals surface area contributed by atoms with E-state index >= 15 is 0 Å². The highest BCUT2D eigenvalue weighted by atomic mass is 32.2. The van der Waals surface area contributed by atoms with E-state index in [0.717, 1.165) is 28.4 Å². The number of carbonyl (C=O) groups is 2. The number of hydrogen-bond donors (Lipinski definition) is 0. The number of amides is 2. The van der Waals surface area contributed by atoms with Crippen LogP contribution in [0, 0.1) is 6.92 Å². The smallest absolute Gasteiger partial charge is 0.264 e. The minimum atomic E-state index is -0.0923. The average Bonchev–Trinajstić information content (AvgIpc) is 2.91. The molecule has 1 fully saturated rings. The highest BCUT2D eigenvalue weighted by Gasteiger charge is 2.30. The monoisotopic (exact) mass is 513 g/mol. The Kier molecular flexibility index (Phi) is 6.98. The second-order valence-corrected chi connectivity index (χ2v) is 10.7. The summed E-state index contributed by atoms with van der Waals surface area (Å²) in [5.41, 5.74) is 4.70. The predicted octanol–water partition coefficient (Wildman–Crippen LogP) is 5.46. The van der Waals surface area contributed by atoms with E-state index in [1.807, 2.05) is 53.4 Å². The van der Waals surface area contributed by atoms with E-state index in [0.29, 0.717) is 23.6 Å². The number of methoxy groups -OCH3 is 1. The summed E-state index contributed by atoms with van der Waals surface area (Å²) in [6.45, 7) is 6.36. The van der Waals surface area contributed by atoms with Gasteiger partial charge in [0.05, 0.1) is 17.7 Å². The van der Waals surface area contributed by atoms with Crippen LogP contribution < -0.4 is 14.5 Å². The van der Waals surface area contributed by atoms with Crippen LogP contribution in [0.1, 0.15) is 28.4 Å². The van der Waals surface area contributed by atoms with Gasteiger partial charge in [-0.2, -0.15) is 0 Å². The van der Waals surface area contributed by atoms with Gasteiger partial charge in [-0.15, -0.1) is 0 Å². The Morgan fingerprint density at radius 3 is 2.62 bits per heavy atom. The number of ether oxygens (including phenoxy) is 1. The number of piperazine rings is 1. The Balaban J connectivity index is 1.33. The predicted molar refractivity (Wildman–Crippen MR) is 151 cm³/mol. The van der Waals surface area contributed by atoms with Crippen molar-refractivity contribution in [1.29, 1.82) is 0 Å². The van der Waals surface area contributed by atoms with E-state index in [1.165, 1.54) is 23.0 Å². The van der Waals surface area contributed by atoms with Crippen LogP contribution in [-0.2, 0) is 4.79 Å². The highest BCUT2D eigenvalue weighted by molar-refractivity contribution is 8.04. The first-order chi connectivity index (χ1) is 17.8. The molecular formula is C30H31N3O3S. The average molecular weight is 514 g/mol. The van der Waals surface area contributed by atoms with Gasteiger partial charge in [0.25, 0.3) is 11.8 Å². The van der Waals surface area contributed by atoms with Gasteiger partial charge in [0.1, 0.15) is 5.75 Å². The second kappa shape index (κ2) is 10.3. The van der Waals surface area contributed by atoms with Crippen LogP contribution in [-0.4, -0.2) is 56.5 Å². The molecule has 0 spiro atoms. The fourth-order valence-corrected chi connectivity index (χ4v) is 6.02. The lowest BCUT2D eigenvalue weighted by Gasteiger charge is -2.41. The summed E-state index contributed by atoms with van der Waals surface area (Å²) in [6, 6.07) is 22.0. The molecular weight excluding hydrogens is 482 g/mol. The van der Waals surface area contributed by atoms with Crippen molar-refractivity contribution in [3.8, 4) is 5.75 Å². The number of thioether (sulfide) groups is 1. The molecule has 0 bridgehead atoms. The molecule has 3 aromatic rings.